The zero-order valence-electron chi connectivity index (χ0n) is 17.7. The molecule has 31 heavy (non-hydrogen) atoms. The van der Waals surface area contributed by atoms with E-state index in [-0.39, 0.29) is 5.78 Å². The van der Waals surface area contributed by atoms with Gasteiger partial charge in [-0.2, -0.15) is 0 Å². The van der Waals surface area contributed by atoms with Gasteiger partial charge < -0.3 is 0 Å². The van der Waals surface area contributed by atoms with Gasteiger partial charge >= 0.3 is 198 Å². The van der Waals surface area contributed by atoms with Gasteiger partial charge in [-0.1, -0.05) is 0 Å². The first-order valence-corrected chi connectivity index (χ1v) is 15.2. The molecule has 0 saturated heterocycles. The third-order valence-corrected chi connectivity index (χ3v) is 17.9. The van der Waals surface area contributed by atoms with Gasteiger partial charge in [0.25, 0.3) is 0 Å². The van der Waals surface area contributed by atoms with Gasteiger partial charge in [-0.25, -0.2) is 0 Å². The number of benzene rings is 4. The Morgan fingerprint density at radius 1 is 0.677 bits per heavy atom. The average molecular weight is 537 g/mol. The molecule has 0 bridgehead atoms. The monoisotopic (exact) mass is 537 g/mol. The summed E-state index contributed by atoms with van der Waals surface area (Å²) in [5.74, 6) is 0.0724. The summed E-state index contributed by atoms with van der Waals surface area (Å²) in [7, 11) is 2.16. The van der Waals surface area contributed by atoms with E-state index in [4.69, 9.17) is 0 Å². The van der Waals surface area contributed by atoms with Gasteiger partial charge in [-0.05, 0) is 0 Å². The number of anilines is 1. The molecule has 4 rings (SSSR count). The van der Waals surface area contributed by atoms with Crippen molar-refractivity contribution in [3.8, 4) is 0 Å². The molecule has 0 fully saturated rings. The number of hydrogen-bond acceptors (Lipinski definition) is 2. The Balaban J connectivity index is 2.13. The SMILES string of the molecule is CC(=O)c1cccc(N(C)P(I)(c2ccccc2)(c2ccccc2)c2ccccc2)c1. The predicted molar refractivity (Wildman–Crippen MR) is 144 cm³/mol. The Bertz CT molecular complexity index is 1100. The van der Waals surface area contributed by atoms with Crippen molar-refractivity contribution in [3.05, 3.63) is 121 Å². The molecule has 0 aliphatic rings. The van der Waals surface area contributed by atoms with Crippen LogP contribution in [0.5, 0.6) is 0 Å². The molecule has 4 aromatic rings. The second-order valence-electron chi connectivity index (χ2n) is 7.60. The van der Waals surface area contributed by atoms with Crippen LogP contribution in [0.2, 0.25) is 0 Å². The van der Waals surface area contributed by atoms with E-state index in [0.717, 1.165) is 11.3 Å². The third-order valence-electron chi connectivity index (χ3n) is 5.87. The minimum atomic E-state index is -3.16. The number of rotatable bonds is 6. The van der Waals surface area contributed by atoms with Gasteiger partial charge in [-0.15, -0.1) is 0 Å². The van der Waals surface area contributed by atoms with Crippen LogP contribution < -0.4 is 20.6 Å². The third kappa shape index (κ3) is 3.50. The summed E-state index contributed by atoms with van der Waals surface area (Å²) in [5, 5.41) is 3.80. The molecule has 0 spiro atoms. The Morgan fingerprint density at radius 3 is 1.48 bits per heavy atom. The van der Waals surface area contributed by atoms with Crippen molar-refractivity contribution in [1.29, 1.82) is 0 Å². The van der Waals surface area contributed by atoms with E-state index in [1.54, 1.807) is 6.92 Å². The summed E-state index contributed by atoms with van der Waals surface area (Å²) in [6.45, 7) is 1.62. The van der Waals surface area contributed by atoms with Crippen LogP contribution in [0.3, 0.4) is 0 Å². The normalized spacial score (nSPS) is 12.5. The van der Waals surface area contributed by atoms with Crippen LogP contribution in [-0.2, 0) is 0 Å². The molecule has 156 valence electrons. The summed E-state index contributed by atoms with van der Waals surface area (Å²) >= 11 is 2.74. The van der Waals surface area contributed by atoms with Crippen molar-refractivity contribution >= 4 is 53.8 Å². The number of Topliss-reactive ketones (excluding diaryl/α,β-unsaturated/α-hetero) is 1. The standard InChI is InChI=1S/C27H25INOP/c1-22(30)23-13-12-14-24(21-23)29(2)31(28,25-15-6-3-7-16-25,26-17-8-4-9-18-26)27-19-10-5-11-20-27/h3-21H,1-2H3. The van der Waals surface area contributed by atoms with Crippen LogP contribution in [0.15, 0.2) is 115 Å². The zero-order valence-corrected chi connectivity index (χ0v) is 20.7. The maximum absolute atomic E-state index is 12.1. The van der Waals surface area contributed by atoms with Gasteiger partial charge in [0.1, 0.15) is 0 Å². The zero-order chi connectivity index (χ0) is 21.9. The first-order valence-electron chi connectivity index (χ1n) is 10.2. The molecule has 0 amide bonds. The van der Waals surface area contributed by atoms with Crippen LogP contribution >= 0.6 is 26.4 Å². The maximum atomic E-state index is 12.1. The summed E-state index contributed by atoms with van der Waals surface area (Å²) in [6.07, 6.45) is 0. The van der Waals surface area contributed by atoms with Crippen molar-refractivity contribution < 1.29 is 4.79 Å². The molecular formula is C27H25INOP. The molecule has 0 heterocycles. The fourth-order valence-corrected chi connectivity index (χ4v) is 12.5. The second kappa shape index (κ2) is 8.57. The number of carbonyl (C=O) groups is 1. The van der Waals surface area contributed by atoms with Crippen molar-refractivity contribution in [2.45, 2.75) is 6.92 Å². The van der Waals surface area contributed by atoms with E-state index in [0.29, 0.717) is 0 Å². The number of nitrogens with zero attached hydrogens (tertiary/aromatic N) is 1. The van der Waals surface area contributed by atoms with E-state index in [1.807, 2.05) is 18.2 Å². The van der Waals surface area contributed by atoms with Crippen LogP contribution in [0.4, 0.5) is 5.69 Å². The fraction of sp³-hybridized carbons (Fsp3) is 0.0741. The summed E-state index contributed by atoms with van der Waals surface area (Å²) in [6, 6.07) is 40.2. The van der Waals surface area contributed by atoms with Crippen molar-refractivity contribution in [2.24, 2.45) is 0 Å². The van der Waals surface area contributed by atoms with E-state index >= 15 is 0 Å². The Labute approximate surface area is 197 Å². The summed E-state index contributed by atoms with van der Waals surface area (Å²) in [4.78, 5) is 12.1. The molecule has 0 N–H and O–H groups in total. The van der Waals surface area contributed by atoms with Gasteiger partial charge in [0.15, 0.2) is 0 Å². The van der Waals surface area contributed by atoms with Crippen molar-refractivity contribution in [2.75, 3.05) is 11.7 Å². The summed E-state index contributed by atoms with van der Waals surface area (Å²) < 4.78 is -0.742. The Kier molecular flexibility index (Phi) is 6.00. The molecule has 0 radical (unpaired) electrons. The Hall–Kier alpha value is -2.49. The van der Waals surface area contributed by atoms with E-state index in [2.05, 4.69) is 131 Å². The topological polar surface area (TPSA) is 20.3 Å². The van der Waals surface area contributed by atoms with Crippen LogP contribution in [-0.4, -0.2) is 12.8 Å². The first-order chi connectivity index (χ1) is 15.0. The molecule has 0 aliphatic carbocycles. The van der Waals surface area contributed by atoms with Gasteiger partial charge in [0.05, 0.1) is 0 Å². The Morgan fingerprint density at radius 2 is 1.10 bits per heavy atom. The minimum absolute atomic E-state index is 0.0724. The molecule has 0 saturated carbocycles. The molecule has 0 unspecified atom stereocenters. The molecule has 4 heteroatoms. The number of hydrogen-bond donors (Lipinski definition) is 0. The molecule has 4 aromatic carbocycles. The van der Waals surface area contributed by atoms with Gasteiger partial charge in [0, 0.05) is 0 Å². The van der Waals surface area contributed by atoms with E-state index in [1.165, 1.54) is 15.9 Å². The van der Waals surface area contributed by atoms with E-state index < -0.39 is 4.40 Å². The number of halogens is 1. The quantitative estimate of drug-likeness (QED) is 0.168. The van der Waals surface area contributed by atoms with Crippen LogP contribution in [0.1, 0.15) is 17.3 Å². The second-order valence-corrected chi connectivity index (χ2v) is 17.3. The van der Waals surface area contributed by atoms with Crippen molar-refractivity contribution in [3.63, 3.8) is 0 Å². The van der Waals surface area contributed by atoms with Gasteiger partial charge in [0.2, 0.25) is 0 Å². The van der Waals surface area contributed by atoms with Crippen LogP contribution in [0, 0.1) is 0 Å². The van der Waals surface area contributed by atoms with Gasteiger partial charge in [-0.3, -0.25) is 0 Å². The fourth-order valence-electron chi connectivity index (χ4n) is 4.21. The molecule has 0 atom stereocenters. The summed E-state index contributed by atoms with van der Waals surface area (Å²) in [5.41, 5.74) is 1.75. The van der Waals surface area contributed by atoms with Crippen molar-refractivity contribution in [1.82, 2.24) is 0 Å². The molecule has 0 aromatic heterocycles. The molecule has 0 aliphatic heterocycles. The average Bonchev–Trinajstić information content (AvgIpc) is 2.85. The molecular weight excluding hydrogens is 512 g/mol. The first kappa shape index (κ1) is 21.7. The predicted octanol–water partition coefficient (Wildman–Crippen LogP) is 6.12. The van der Waals surface area contributed by atoms with Crippen LogP contribution in [0.25, 0.3) is 0 Å². The van der Waals surface area contributed by atoms with E-state index in [9.17, 15) is 4.79 Å². The number of carbonyl (C=O) groups excluding carboxylic acids is 1. The molecule has 2 nitrogen and oxygen atoms in total. The number of ketones is 1.